The van der Waals surface area contributed by atoms with Crippen LogP contribution in [0.5, 0.6) is 0 Å². The molecule has 2 unspecified atom stereocenters. The van der Waals surface area contributed by atoms with Crippen molar-refractivity contribution in [3.8, 4) is 0 Å². The second-order valence-corrected chi connectivity index (χ2v) is 3.56. The number of nitrogens with two attached hydrogens (primary N) is 1. The fourth-order valence-electron chi connectivity index (χ4n) is 1.76. The van der Waals surface area contributed by atoms with E-state index in [1.807, 2.05) is 0 Å². The summed E-state index contributed by atoms with van der Waals surface area (Å²) >= 11 is 0. The van der Waals surface area contributed by atoms with Crippen LogP contribution in [0.4, 0.5) is 8.78 Å². The average molecular weight is 178 g/mol. The molecule has 2 N–H and O–H groups in total. The molecule has 0 aromatic rings. The summed E-state index contributed by atoms with van der Waals surface area (Å²) in [5.41, 5.74) is 5.68. The quantitative estimate of drug-likeness (QED) is 0.700. The molecule has 1 aliphatic carbocycles. The van der Waals surface area contributed by atoms with Gasteiger partial charge in [0.15, 0.2) is 0 Å². The molecule has 2 nitrogen and oxygen atoms in total. The molecule has 1 saturated carbocycles. The molecule has 0 radical (unpaired) electrons. The Labute approximate surface area is 71.7 Å². The molecule has 1 fully saturated rings. The van der Waals surface area contributed by atoms with Gasteiger partial charge in [-0.3, -0.25) is 4.90 Å². The molecule has 72 valence electrons. The van der Waals surface area contributed by atoms with Crippen molar-refractivity contribution < 1.29 is 8.78 Å². The predicted molar refractivity (Wildman–Crippen MR) is 44.2 cm³/mol. The van der Waals surface area contributed by atoms with E-state index in [2.05, 4.69) is 0 Å². The van der Waals surface area contributed by atoms with Gasteiger partial charge < -0.3 is 5.73 Å². The molecule has 12 heavy (non-hydrogen) atoms. The van der Waals surface area contributed by atoms with Gasteiger partial charge in [-0.15, -0.1) is 0 Å². The monoisotopic (exact) mass is 178 g/mol. The molecule has 0 aliphatic heterocycles. The van der Waals surface area contributed by atoms with E-state index >= 15 is 0 Å². The Kier molecular flexibility index (Phi) is 3.40. The van der Waals surface area contributed by atoms with Crippen molar-refractivity contribution in [1.82, 2.24) is 4.90 Å². The first-order chi connectivity index (χ1) is 5.59. The van der Waals surface area contributed by atoms with Crippen LogP contribution in [0.3, 0.4) is 0 Å². The molecule has 0 aromatic carbocycles. The molecule has 0 amide bonds. The number of halogens is 2. The van der Waals surface area contributed by atoms with Gasteiger partial charge in [-0.05, 0) is 26.3 Å². The number of rotatable bonds is 3. The highest BCUT2D eigenvalue weighted by molar-refractivity contribution is 4.83. The van der Waals surface area contributed by atoms with Crippen LogP contribution < -0.4 is 5.73 Å². The highest BCUT2D eigenvalue weighted by Crippen LogP contribution is 2.22. The predicted octanol–water partition coefficient (Wildman–Crippen LogP) is 1.06. The van der Waals surface area contributed by atoms with Crippen molar-refractivity contribution >= 4 is 0 Å². The SMILES string of the molecule is CN(CC(F)F)C1CCC(N)C1. The highest BCUT2D eigenvalue weighted by atomic mass is 19.3. The van der Waals surface area contributed by atoms with Gasteiger partial charge in [0.25, 0.3) is 6.43 Å². The van der Waals surface area contributed by atoms with Crippen molar-refractivity contribution in [3.05, 3.63) is 0 Å². The molecule has 2 atom stereocenters. The molecule has 0 aromatic heterocycles. The van der Waals surface area contributed by atoms with Crippen molar-refractivity contribution in [2.45, 2.75) is 37.8 Å². The minimum atomic E-state index is -2.23. The molecule has 0 bridgehead atoms. The molecule has 0 heterocycles. The lowest BCUT2D eigenvalue weighted by Crippen LogP contribution is -2.34. The summed E-state index contributed by atoms with van der Waals surface area (Å²) in [6, 6.07) is 0.490. The smallest absolute Gasteiger partial charge is 0.251 e. The molecule has 4 heteroatoms. The topological polar surface area (TPSA) is 29.3 Å². The zero-order valence-electron chi connectivity index (χ0n) is 7.34. The van der Waals surface area contributed by atoms with Crippen molar-refractivity contribution in [3.63, 3.8) is 0 Å². The Bertz CT molecular complexity index is 141. The second kappa shape index (κ2) is 4.14. The van der Waals surface area contributed by atoms with Crippen LogP contribution in [0, 0.1) is 0 Å². The van der Waals surface area contributed by atoms with Crippen LogP contribution in [-0.4, -0.2) is 37.0 Å². The Morgan fingerprint density at radius 1 is 1.50 bits per heavy atom. The van der Waals surface area contributed by atoms with Crippen LogP contribution in [0.2, 0.25) is 0 Å². The van der Waals surface area contributed by atoms with E-state index in [1.165, 1.54) is 0 Å². The van der Waals surface area contributed by atoms with Gasteiger partial charge in [-0.1, -0.05) is 0 Å². The van der Waals surface area contributed by atoms with Gasteiger partial charge in [0.05, 0.1) is 6.54 Å². The van der Waals surface area contributed by atoms with Crippen LogP contribution in [-0.2, 0) is 0 Å². The molecular formula is C8H16F2N2. The summed E-state index contributed by atoms with van der Waals surface area (Å²) in [5, 5.41) is 0. The minimum Gasteiger partial charge on any atom is -0.328 e. The van der Waals surface area contributed by atoms with Gasteiger partial charge >= 0.3 is 0 Å². The van der Waals surface area contributed by atoms with Crippen LogP contribution in [0.1, 0.15) is 19.3 Å². The maximum absolute atomic E-state index is 12.0. The number of hydrogen-bond donors (Lipinski definition) is 1. The van der Waals surface area contributed by atoms with E-state index in [-0.39, 0.29) is 18.6 Å². The lowest BCUT2D eigenvalue weighted by atomic mass is 10.2. The third kappa shape index (κ3) is 2.68. The number of nitrogens with zero attached hydrogens (tertiary/aromatic N) is 1. The fourth-order valence-corrected chi connectivity index (χ4v) is 1.76. The largest absolute Gasteiger partial charge is 0.328 e. The van der Waals surface area contributed by atoms with E-state index in [0.717, 1.165) is 19.3 Å². The molecule has 0 saturated heterocycles. The summed E-state index contributed by atoms with van der Waals surface area (Å²) < 4.78 is 23.9. The molecule has 1 rings (SSSR count). The highest BCUT2D eigenvalue weighted by Gasteiger charge is 2.26. The Balaban J connectivity index is 2.28. The summed E-state index contributed by atoms with van der Waals surface area (Å²) in [4.78, 5) is 1.72. The third-order valence-electron chi connectivity index (χ3n) is 2.49. The normalized spacial score (nSPS) is 30.5. The van der Waals surface area contributed by atoms with Gasteiger partial charge in [0, 0.05) is 12.1 Å². The maximum atomic E-state index is 12.0. The summed E-state index contributed by atoms with van der Waals surface area (Å²) in [6.45, 7) is -0.128. The van der Waals surface area contributed by atoms with Crippen LogP contribution in [0.25, 0.3) is 0 Å². The lowest BCUT2D eigenvalue weighted by Gasteiger charge is -2.23. The third-order valence-corrected chi connectivity index (χ3v) is 2.49. The van der Waals surface area contributed by atoms with E-state index in [0.29, 0.717) is 0 Å². The zero-order valence-corrected chi connectivity index (χ0v) is 7.34. The molecule has 1 aliphatic rings. The second-order valence-electron chi connectivity index (χ2n) is 3.56. The average Bonchev–Trinajstić information content (AvgIpc) is 2.34. The van der Waals surface area contributed by atoms with E-state index in [1.54, 1.807) is 11.9 Å². The first kappa shape index (κ1) is 9.86. The number of hydrogen-bond acceptors (Lipinski definition) is 2. The van der Waals surface area contributed by atoms with E-state index in [9.17, 15) is 8.78 Å². The molecule has 0 spiro atoms. The fraction of sp³-hybridized carbons (Fsp3) is 1.00. The van der Waals surface area contributed by atoms with E-state index in [4.69, 9.17) is 5.73 Å². The lowest BCUT2D eigenvalue weighted by molar-refractivity contribution is 0.0816. The maximum Gasteiger partial charge on any atom is 0.251 e. The minimum absolute atomic E-state index is 0.128. The van der Waals surface area contributed by atoms with Crippen molar-refractivity contribution in [2.24, 2.45) is 5.73 Å². The first-order valence-corrected chi connectivity index (χ1v) is 4.33. The summed E-state index contributed by atoms with van der Waals surface area (Å²) in [5.74, 6) is 0. The number of alkyl halides is 2. The van der Waals surface area contributed by atoms with E-state index < -0.39 is 6.43 Å². The Morgan fingerprint density at radius 3 is 2.58 bits per heavy atom. The molecular weight excluding hydrogens is 162 g/mol. The first-order valence-electron chi connectivity index (χ1n) is 4.33. The van der Waals surface area contributed by atoms with Crippen LogP contribution in [0.15, 0.2) is 0 Å². The summed E-state index contributed by atoms with van der Waals surface area (Å²) in [7, 11) is 1.74. The van der Waals surface area contributed by atoms with Crippen molar-refractivity contribution in [1.29, 1.82) is 0 Å². The van der Waals surface area contributed by atoms with Gasteiger partial charge in [-0.25, -0.2) is 8.78 Å². The Morgan fingerprint density at radius 2 is 2.17 bits per heavy atom. The summed E-state index contributed by atoms with van der Waals surface area (Å²) in [6.07, 6.45) is 0.568. The van der Waals surface area contributed by atoms with Gasteiger partial charge in [0.2, 0.25) is 0 Å². The van der Waals surface area contributed by atoms with Gasteiger partial charge in [0.1, 0.15) is 0 Å². The Hall–Kier alpha value is -0.220. The van der Waals surface area contributed by atoms with Crippen LogP contribution >= 0.6 is 0 Å². The van der Waals surface area contributed by atoms with Gasteiger partial charge in [-0.2, -0.15) is 0 Å². The zero-order chi connectivity index (χ0) is 9.14. The standard InChI is InChI=1S/C8H16F2N2/c1-12(5-8(9)10)7-3-2-6(11)4-7/h6-8H,2-5,11H2,1H3. The van der Waals surface area contributed by atoms with Crippen molar-refractivity contribution in [2.75, 3.05) is 13.6 Å².